The summed E-state index contributed by atoms with van der Waals surface area (Å²) in [7, 11) is -4.79. The zero-order valence-corrected chi connectivity index (χ0v) is 5.47. The third-order valence-corrected chi connectivity index (χ3v) is 0.998. The highest BCUT2D eigenvalue weighted by atomic mass is 31.2. The van der Waals surface area contributed by atoms with Crippen molar-refractivity contribution >= 4 is 7.91 Å². The Balaban J connectivity index is 3.32. The van der Waals surface area contributed by atoms with E-state index in [2.05, 4.69) is 10.4 Å². The maximum absolute atomic E-state index is 11.5. The summed E-state index contributed by atoms with van der Waals surface area (Å²) in [6, 6.07) is 0. The predicted octanol–water partition coefficient (Wildman–Crippen LogP) is 1.10. The second-order valence-electron chi connectivity index (χ2n) is 1.24. The normalized spacial score (nSPS) is 16.1. The van der Waals surface area contributed by atoms with Crippen LogP contribution < -0.4 is 0 Å². The molecule has 0 amide bonds. The van der Waals surface area contributed by atoms with Gasteiger partial charge in [-0.3, -0.25) is 9.42 Å². The molecule has 0 aliphatic heterocycles. The van der Waals surface area contributed by atoms with Crippen LogP contribution in [-0.2, 0) is 9.09 Å². The monoisotopic (exact) mass is 152 g/mol. The van der Waals surface area contributed by atoms with Crippen LogP contribution in [0.3, 0.4) is 0 Å². The van der Waals surface area contributed by atoms with E-state index in [9.17, 15) is 8.76 Å². The van der Waals surface area contributed by atoms with Gasteiger partial charge < -0.3 is 0 Å². The molecule has 0 aliphatic rings. The second kappa shape index (κ2) is 3.62. The quantitative estimate of drug-likeness (QED) is 0.374. The van der Waals surface area contributed by atoms with Gasteiger partial charge in [0, 0.05) is 6.42 Å². The van der Waals surface area contributed by atoms with Crippen molar-refractivity contribution in [2.24, 2.45) is 0 Å². The summed E-state index contributed by atoms with van der Waals surface area (Å²) < 4.78 is 25.0. The standard InChI is InChI=1S/C4H6FO3P/c1-2-3-4-8-9(5,6)7/h1H,3-4H2,(H,6,7). The summed E-state index contributed by atoms with van der Waals surface area (Å²) >= 11 is 0. The van der Waals surface area contributed by atoms with Gasteiger partial charge in [-0.05, 0) is 0 Å². The smallest absolute Gasteiger partial charge is 0.299 e. The van der Waals surface area contributed by atoms with Crippen LogP contribution in [0.2, 0.25) is 0 Å². The van der Waals surface area contributed by atoms with Gasteiger partial charge >= 0.3 is 7.91 Å². The Kier molecular flexibility index (Phi) is 3.48. The van der Waals surface area contributed by atoms with Crippen molar-refractivity contribution in [3.05, 3.63) is 0 Å². The first-order valence-electron chi connectivity index (χ1n) is 2.17. The largest absolute Gasteiger partial charge is 0.510 e. The second-order valence-corrected chi connectivity index (χ2v) is 2.40. The molecule has 1 unspecified atom stereocenters. The van der Waals surface area contributed by atoms with Crippen LogP contribution in [0.15, 0.2) is 0 Å². The summed E-state index contributed by atoms with van der Waals surface area (Å²) in [5.74, 6) is 2.12. The van der Waals surface area contributed by atoms with Gasteiger partial charge in [-0.1, -0.05) is 0 Å². The average Bonchev–Trinajstić information content (AvgIpc) is 1.63. The van der Waals surface area contributed by atoms with E-state index in [1.165, 1.54) is 0 Å². The van der Waals surface area contributed by atoms with E-state index in [0.717, 1.165) is 0 Å². The van der Waals surface area contributed by atoms with Gasteiger partial charge in [0.25, 0.3) is 0 Å². The molecule has 0 aromatic rings. The van der Waals surface area contributed by atoms with Crippen molar-refractivity contribution in [3.63, 3.8) is 0 Å². The molecular formula is C4H6FO3P. The molecule has 9 heavy (non-hydrogen) atoms. The molecule has 0 rings (SSSR count). The third-order valence-electron chi connectivity index (χ3n) is 0.497. The highest BCUT2D eigenvalue weighted by molar-refractivity contribution is 7.46. The Morgan fingerprint density at radius 1 is 1.89 bits per heavy atom. The van der Waals surface area contributed by atoms with Crippen LogP contribution in [0.1, 0.15) is 6.42 Å². The molecule has 52 valence electrons. The molecule has 0 aromatic heterocycles. The summed E-state index contributed by atoms with van der Waals surface area (Å²) in [6.45, 7) is -0.221. The van der Waals surface area contributed by atoms with E-state index < -0.39 is 7.91 Å². The van der Waals surface area contributed by atoms with Gasteiger partial charge in [-0.2, -0.15) is 0 Å². The van der Waals surface area contributed by atoms with Gasteiger partial charge in [0.05, 0.1) is 6.61 Å². The Morgan fingerprint density at radius 2 is 2.44 bits per heavy atom. The Labute approximate surface area is 52.5 Å². The number of rotatable bonds is 3. The highest BCUT2D eigenvalue weighted by Crippen LogP contribution is 2.43. The number of halogens is 1. The van der Waals surface area contributed by atoms with Crippen molar-refractivity contribution in [3.8, 4) is 12.3 Å². The predicted molar refractivity (Wildman–Crippen MR) is 30.3 cm³/mol. The SMILES string of the molecule is C#CCCOP(=O)(O)F. The molecule has 0 saturated carbocycles. The van der Waals surface area contributed by atoms with Crippen LogP contribution in [0.4, 0.5) is 4.20 Å². The van der Waals surface area contributed by atoms with Crippen LogP contribution >= 0.6 is 7.91 Å². The molecule has 5 heteroatoms. The fourth-order valence-electron chi connectivity index (χ4n) is 0.217. The summed E-state index contributed by atoms with van der Waals surface area (Å²) in [4.78, 5) is 7.84. The summed E-state index contributed by atoms with van der Waals surface area (Å²) in [5.41, 5.74) is 0. The molecule has 0 saturated heterocycles. The molecular weight excluding hydrogens is 146 g/mol. The lowest BCUT2D eigenvalue weighted by Crippen LogP contribution is -1.86. The van der Waals surface area contributed by atoms with Crippen molar-refractivity contribution < 1.29 is 18.2 Å². The van der Waals surface area contributed by atoms with Gasteiger partial charge in [-0.15, -0.1) is 16.5 Å². The van der Waals surface area contributed by atoms with E-state index in [4.69, 9.17) is 11.3 Å². The van der Waals surface area contributed by atoms with E-state index in [0.29, 0.717) is 0 Å². The first-order chi connectivity index (χ1) is 4.06. The van der Waals surface area contributed by atoms with E-state index in [1.807, 2.05) is 0 Å². The highest BCUT2D eigenvalue weighted by Gasteiger charge is 2.15. The lowest BCUT2D eigenvalue weighted by atomic mass is 10.5. The van der Waals surface area contributed by atoms with Crippen molar-refractivity contribution in [2.45, 2.75) is 6.42 Å². The van der Waals surface area contributed by atoms with E-state index in [-0.39, 0.29) is 13.0 Å². The van der Waals surface area contributed by atoms with E-state index in [1.54, 1.807) is 0 Å². The minimum atomic E-state index is -4.79. The first kappa shape index (κ1) is 8.64. The van der Waals surface area contributed by atoms with Crippen LogP contribution in [0.25, 0.3) is 0 Å². The Bertz CT molecular complexity index is 156. The minimum absolute atomic E-state index is 0.133. The summed E-state index contributed by atoms with van der Waals surface area (Å²) in [6.07, 6.45) is 4.87. The zero-order chi connectivity index (χ0) is 7.33. The average molecular weight is 152 g/mol. The fraction of sp³-hybridized carbons (Fsp3) is 0.500. The maximum atomic E-state index is 11.5. The van der Waals surface area contributed by atoms with Gasteiger partial charge in [0.1, 0.15) is 0 Å². The maximum Gasteiger partial charge on any atom is 0.510 e. The van der Waals surface area contributed by atoms with Gasteiger partial charge in [-0.25, -0.2) is 4.57 Å². The molecule has 1 N–H and O–H groups in total. The first-order valence-corrected chi connectivity index (χ1v) is 3.63. The molecule has 0 aliphatic carbocycles. The summed E-state index contributed by atoms with van der Waals surface area (Å²) in [5, 5.41) is 0. The molecule has 0 aromatic carbocycles. The fourth-order valence-corrected chi connectivity index (χ4v) is 0.534. The zero-order valence-electron chi connectivity index (χ0n) is 4.58. The molecule has 0 radical (unpaired) electrons. The molecule has 0 heterocycles. The van der Waals surface area contributed by atoms with Crippen molar-refractivity contribution in [1.82, 2.24) is 0 Å². The van der Waals surface area contributed by atoms with Gasteiger partial charge in [0.15, 0.2) is 0 Å². The van der Waals surface area contributed by atoms with Crippen molar-refractivity contribution in [1.29, 1.82) is 0 Å². The Hall–Kier alpha value is -0.360. The van der Waals surface area contributed by atoms with Crippen LogP contribution in [-0.4, -0.2) is 11.5 Å². The topological polar surface area (TPSA) is 46.5 Å². The molecule has 0 spiro atoms. The van der Waals surface area contributed by atoms with Gasteiger partial charge in [0.2, 0.25) is 0 Å². The number of terminal acetylenes is 1. The lowest BCUT2D eigenvalue weighted by molar-refractivity contribution is 0.232. The number of hydrogen-bond acceptors (Lipinski definition) is 2. The lowest BCUT2D eigenvalue weighted by Gasteiger charge is -1.97. The van der Waals surface area contributed by atoms with E-state index >= 15 is 0 Å². The molecule has 0 bridgehead atoms. The molecule has 0 fully saturated rings. The van der Waals surface area contributed by atoms with Crippen molar-refractivity contribution in [2.75, 3.05) is 6.61 Å². The number of hydrogen-bond donors (Lipinski definition) is 1. The molecule has 3 nitrogen and oxygen atoms in total. The molecule has 1 atom stereocenters. The third kappa shape index (κ3) is 7.64. The minimum Gasteiger partial charge on any atom is -0.299 e. The van der Waals surface area contributed by atoms with Crippen LogP contribution in [0, 0.1) is 12.3 Å². The van der Waals surface area contributed by atoms with Crippen LogP contribution in [0.5, 0.6) is 0 Å². The Morgan fingerprint density at radius 3 is 2.78 bits per heavy atom.